The Balaban J connectivity index is 2.25. The minimum atomic E-state index is 0.354. The van der Waals surface area contributed by atoms with Crippen molar-refractivity contribution in [1.29, 1.82) is 0 Å². The molecule has 0 spiro atoms. The Morgan fingerprint density at radius 3 is 2.81 bits per heavy atom. The minimum absolute atomic E-state index is 0.354. The summed E-state index contributed by atoms with van der Waals surface area (Å²) >= 11 is 0. The van der Waals surface area contributed by atoms with Gasteiger partial charge in [-0.05, 0) is 50.8 Å². The Hall–Kier alpha value is -1.15. The molecule has 0 bridgehead atoms. The van der Waals surface area contributed by atoms with E-state index >= 15 is 0 Å². The largest absolute Gasteiger partial charge is 0.310 e. The molecule has 0 fully saturated rings. The summed E-state index contributed by atoms with van der Waals surface area (Å²) in [6.07, 6.45) is 11.4. The van der Waals surface area contributed by atoms with Gasteiger partial charge in [0.2, 0.25) is 0 Å². The van der Waals surface area contributed by atoms with Crippen LogP contribution in [0, 0.1) is 6.92 Å². The molecule has 0 saturated carbocycles. The molecule has 1 heterocycles. The van der Waals surface area contributed by atoms with E-state index in [0.717, 1.165) is 0 Å². The predicted molar refractivity (Wildman–Crippen MR) is 67.3 cm³/mol. The molecule has 2 rings (SSSR count). The third-order valence-corrected chi connectivity index (χ3v) is 3.22. The fourth-order valence-electron chi connectivity index (χ4n) is 2.43. The van der Waals surface area contributed by atoms with Gasteiger partial charge in [0.15, 0.2) is 0 Å². The van der Waals surface area contributed by atoms with Gasteiger partial charge in [-0.3, -0.25) is 4.98 Å². The molecule has 0 amide bonds. The number of likely N-dealkylation sites (N-methyl/N-ethyl adjacent to an activating group) is 1. The first kappa shape index (κ1) is 11.3. The molecule has 1 N–H and O–H groups in total. The van der Waals surface area contributed by atoms with Gasteiger partial charge in [-0.15, -0.1) is 0 Å². The van der Waals surface area contributed by atoms with E-state index in [4.69, 9.17) is 0 Å². The lowest BCUT2D eigenvalue weighted by atomic mass is 9.90. The summed E-state index contributed by atoms with van der Waals surface area (Å²) in [5, 5.41) is 3.41. The van der Waals surface area contributed by atoms with Gasteiger partial charge < -0.3 is 5.32 Å². The van der Waals surface area contributed by atoms with Gasteiger partial charge in [-0.1, -0.05) is 17.7 Å². The second kappa shape index (κ2) is 5.26. The molecule has 1 atom stereocenters. The summed E-state index contributed by atoms with van der Waals surface area (Å²) < 4.78 is 0. The highest BCUT2D eigenvalue weighted by Crippen LogP contribution is 2.29. The van der Waals surface area contributed by atoms with Crippen LogP contribution in [0.1, 0.15) is 42.9 Å². The highest BCUT2D eigenvalue weighted by atomic mass is 14.9. The van der Waals surface area contributed by atoms with Crippen molar-refractivity contribution in [2.24, 2.45) is 0 Å². The average Bonchev–Trinajstić information content (AvgIpc) is 2.31. The molecule has 1 unspecified atom stereocenters. The maximum atomic E-state index is 4.28. The molecule has 1 aromatic heterocycles. The molecule has 1 aliphatic carbocycles. The van der Waals surface area contributed by atoms with Crippen LogP contribution in [-0.2, 0) is 0 Å². The number of aromatic nitrogens is 1. The molecule has 1 aliphatic rings. The number of hydrogen-bond acceptors (Lipinski definition) is 2. The summed E-state index contributed by atoms with van der Waals surface area (Å²) in [7, 11) is 2.03. The van der Waals surface area contributed by atoms with Crippen LogP contribution in [0.5, 0.6) is 0 Å². The highest BCUT2D eigenvalue weighted by Gasteiger charge is 2.16. The Morgan fingerprint density at radius 1 is 1.31 bits per heavy atom. The number of nitrogens with zero attached hydrogens (tertiary/aromatic N) is 1. The summed E-state index contributed by atoms with van der Waals surface area (Å²) in [5.74, 6) is 0. The number of nitrogens with one attached hydrogen (secondary N) is 1. The first-order valence-electron chi connectivity index (χ1n) is 6.09. The van der Waals surface area contributed by atoms with Crippen molar-refractivity contribution in [3.63, 3.8) is 0 Å². The molecule has 16 heavy (non-hydrogen) atoms. The lowest BCUT2D eigenvalue weighted by Crippen LogP contribution is -2.20. The first-order valence-corrected chi connectivity index (χ1v) is 6.09. The van der Waals surface area contributed by atoms with E-state index in [9.17, 15) is 0 Å². The van der Waals surface area contributed by atoms with Crippen LogP contribution in [0.25, 0.3) is 0 Å². The van der Waals surface area contributed by atoms with Crippen LogP contribution in [0.3, 0.4) is 0 Å². The highest BCUT2D eigenvalue weighted by molar-refractivity contribution is 5.29. The zero-order valence-corrected chi connectivity index (χ0v) is 10.2. The van der Waals surface area contributed by atoms with Crippen LogP contribution in [0.2, 0.25) is 0 Å². The first-order chi connectivity index (χ1) is 7.81. The Kier molecular flexibility index (Phi) is 3.73. The Labute approximate surface area is 97.8 Å². The lowest BCUT2D eigenvalue weighted by molar-refractivity contribution is 0.591. The van der Waals surface area contributed by atoms with Gasteiger partial charge in [0, 0.05) is 12.4 Å². The van der Waals surface area contributed by atoms with E-state index < -0.39 is 0 Å². The Bertz CT molecular complexity index is 382. The van der Waals surface area contributed by atoms with Gasteiger partial charge in [0.25, 0.3) is 0 Å². The second-order valence-electron chi connectivity index (χ2n) is 4.54. The zero-order chi connectivity index (χ0) is 11.4. The van der Waals surface area contributed by atoms with E-state index in [1.165, 1.54) is 42.4 Å². The molecule has 0 saturated heterocycles. The van der Waals surface area contributed by atoms with Crippen LogP contribution >= 0.6 is 0 Å². The van der Waals surface area contributed by atoms with E-state index in [1.807, 2.05) is 19.4 Å². The molecule has 86 valence electrons. The monoisotopic (exact) mass is 216 g/mol. The summed E-state index contributed by atoms with van der Waals surface area (Å²) in [5.41, 5.74) is 4.05. The van der Waals surface area contributed by atoms with Gasteiger partial charge in [0.05, 0.1) is 6.04 Å². The van der Waals surface area contributed by atoms with Crippen molar-refractivity contribution < 1.29 is 0 Å². The van der Waals surface area contributed by atoms with Crippen molar-refractivity contribution in [3.05, 3.63) is 41.2 Å². The van der Waals surface area contributed by atoms with E-state index in [2.05, 4.69) is 29.4 Å². The molecular weight excluding hydrogens is 196 g/mol. The molecule has 2 heteroatoms. The van der Waals surface area contributed by atoms with Crippen LogP contribution in [0.4, 0.5) is 0 Å². The van der Waals surface area contributed by atoms with Crippen molar-refractivity contribution in [3.8, 4) is 0 Å². The van der Waals surface area contributed by atoms with E-state index in [-0.39, 0.29) is 0 Å². The van der Waals surface area contributed by atoms with Gasteiger partial charge in [-0.2, -0.15) is 0 Å². The number of rotatable bonds is 3. The molecular formula is C14H20N2. The maximum absolute atomic E-state index is 4.28. The molecule has 1 aromatic rings. The SMILES string of the molecule is CNC(C1=CCCCC1)c1cncc(C)c1. The fraction of sp³-hybridized carbons (Fsp3) is 0.500. The van der Waals surface area contributed by atoms with Crippen molar-refractivity contribution in [2.45, 2.75) is 38.6 Å². The van der Waals surface area contributed by atoms with Crippen molar-refractivity contribution >= 4 is 0 Å². The van der Waals surface area contributed by atoms with E-state index in [0.29, 0.717) is 6.04 Å². The van der Waals surface area contributed by atoms with Crippen molar-refractivity contribution in [2.75, 3.05) is 7.05 Å². The van der Waals surface area contributed by atoms with Gasteiger partial charge >= 0.3 is 0 Å². The standard InChI is InChI=1S/C14H20N2/c1-11-8-13(10-16-9-11)14(15-2)12-6-4-3-5-7-12/h6,8-10,14-15H,3-5,7H2,1-2H3. The average molecular weight is 216 g/mol. The summed E-state index contributed by atoms with van der Waals surface area (Å²) in [6.45, 7) is 2.10. The lowest BCUT2D eigenvalue weighted by Gasteiger charge is -2.23. The van der Waals surface area contributed by atoms with E-state index in [1.54, 1.807) is 0 Å². The number of hydrogen-bond donors (Lipinski definition) is 1. The third-order valence-electron chi connectivity index (χ3n) is 3.22. The number of aryl methyl sites for hydroxylation is 1. The fourth-order valence-corrected chi connectivity index (χ4v) is 2.43. The Morgan fingerprint density at radius 2 is 2.19 bits per heavy atom. The smallest absolute Gasteiger partial charge is 0.0549 e. The molecule has 2 nitrogen and oxygen atoms in total. The van der Waals surface area contributed by atoms with Gasteiger partial charge in [-0.25, -0.2) is 0 Å². The predicted octanol–water partition coefficient (Wildman–Crippen LogP) is 3.15. The van der Waals surface area contributed by atoms with Crippen LogP contribution in [0.15, 0.2) is 30.1 Å². The number of allylic oxidation sites excluding steroid dienone is 1. The minimum Gasteiger partial charge on any atom is -0.310 e. The quantitative estimate of drug-likeness (QED) is 0.785. The van der Waals surface area contributed by atoms with Crippen molar-refractivity contribution in [1.82, 2.24) is 10.3 Å². The van der Waals surface area contributed by atoms with Gasteiger partial charge in [0.1, 0.15) is 0 Å². The number of pyridine rings is 1. The summed E-state index contributed by atoms with van der Waals surface area (Å²) in [6, 6.07) is 2.58. The maximum Gasteiger partial charge on any atom is 0.0549 e. The van der Waals surface area contributed by atoms with Crippen LogP contribution < -0.4 is 5.32 Å². The normalized spacial score (nSPS) is 18.0. The van der Waals surface area contributed by atoms with Crippen LogP contribution in [-0.4, -0.2) is 12.0 Å². The molecule has 0 aromatic carbocycles. The third kappa shape index (κ3) is 2.50. The summed E-state index contributed by atoms with van der Waals surface area (Å²) in [4.78, 5) is 4.28. The second-order valence-corrected chi connectivity index (χ2v) is 4.54. The zero-order valence-electron chi connectivity index (χ0n) is 10.2. The molecule has 0 aliphatic heterocycles. The topological polar surface area (TPSA) is 24.9 Å². The molecule has 0 radical (unpaired) electrons.